The van der Waals surface area contributed by atoms with E-state index in [4.69, 9.17) is 14.6 Å². The van der Waals surface area contributed by atoms with Crippen molar-refractivity contribution >= 4 is 11.8 Å². The second-order valence-electron chi connectivity index (χ2n) is 4.25. The molecule has 0 fully saturated rings. The summed E-state index contributed by atoms with van der Waals surface area (Å²) in [6.45, 7) is 4.13. The number of hydrogen-bond donors (Lipinski definition) is 2. The second kappa shape index (κ2) is 7.52. The number of nitrogens with one attached hydrogen (secondary N) is 1. The van der Waals surface area contributed by atoms with Gasteiger partial charge in [0.2, 0.25) is 5.88 Å². The fourth-order valence-electron chi connectivity index (χ4n) is 1.38. The molecule has 106 valence electrons. The van der Waals surface area contributed by atoms with Crippen molar-refractivity contribution < 1.29 is 19.4 Å². The smallest absolute Gasteiger partial charge is 0.306 e. The highest BCUT2D eigenvalue weighted by Gasteiger charge is 2.12. The van der Waals surface area contributed by atoms with Crippen molar-refractivity contribution in [3.05, 3.63) is 12.4 Å². The molecule has 1 heterocycles. The van der Waals surface area contributed by atoms with Gasteiger partial charge in [-0.25, -0.2) is 0 Å². The first-order chi connectivity index (χ1) is 9.01. The van der Waals surface area contributed by atoms with E-state index < -0.39 is 12.1 Å². The van der Waals surface area contributed by atoms with Crippen molar-refractivity contribution in [2.24, 2.45) is 0 Å². The third kappa shape index (κ3) is 6.01. The topological polar surface area (TPSA) is 93.6 Å². The van der Waals surface area contributed by atoms with Gasteiger partial charge in [0.05, 0.1) is 31.0 Å². The lowest BCUT2D eigenvalue weighted by Gasteiger charge is -2.15. The summed E-state index contributed by atoms with van der Waals surface area (Å²) < 4.78 is 10.5. The molecule has 0 saturated carbocycles. The van der Waals surface area contributed by atoms with Crippen LogP contribution in [-0.2, 0) is 9.53 Å². The molecule has 0 radical (unpaired) electrons. The van der Waals surface area contributed by atoms with E-state index in [2.05, 4.69) is 15.3 Å². The zero-order valence-electron chi connectivity index (χ0n) is 11.3. The lowest BCUT2D eigenvalue weighted by molar-refractivity contribution is -0.139. The minimum atomic E-state index is -0.906. The van der Waals surface area contributed by atoms with Gasteiger partial charge in [0.1, 0.15) is 5.82 Å². The number of methoxy groups -OCH3 is 1. The molecular formula is C12H19N3O4. The molecular weight excluding hydrogens is 250 g/mol. The van der Waals surface area contributed by atoms with Gasteiger partial charge in [0, 0.05) is 13.7 Å². The Kier molecular flexibility index (Phi) is 6.01. The lowest BCUT2D eigenvalue weighted by Crippen LogP contribution is -2.25. The third-order valence-corrected chi connectivity index (χ3v) is 2.22. The van der Waals surface area contributed by atoms with Crippen molar-refractivity contribution in [3.8, 4) is 5.88 Å². The molecule has 0 spiro atoms. The first kappa shape index (κ1) is 15.2. The van der Waals surface area contributed by atoms with Crippen LogP contribution in [0, 0.1) is 0 Å². The summed E-state index contributed by atoms with van der Waals surface area (Å²) in [5.41, 5.74) is 0. The van der Waals surface area contributed by atoms with Crippen LogP contribution in [0.2, 0.25) is 0 Å². The highest BCUT2D eigenvalue weighted by Crippen LogP contribution is 2.11. The molecule has 7 nitrogen and oxygen atoms in total. The first-order valence-corrected chi connectivity index (χ1v) is 5.98. The summed E-state index contributed by atoms with van der Waals surface area (Å²) in [4.78, 5) is 18.8. The molecule has 0 aliphatic heterocycles. The number of aromatic nitrogens is 2. The predicted octanol–water partition coefficient (Wildman–Crippen LogP) is 1.17. The van der Waals surface area contributed by atoms with Crippen molar-refractivity contribution in [3.63, 3.8) is 0 Å². The number of carbonyl (C=O) groups is 1. The van der Waals surface area contributed by atoms with E-state index in [1.165, 1.54) is 13.3 Å². The molecule has 2 N–H and O–H groups in total. The lowest BCUT2D eigenvalue weighted by atomic mass is 10.2. The molecule has 1 rings (SSSR count). The molecule has 1 unspecified atom stereocenters. The molecule has 0 bridgehead atoms. The number of carboxylic acid groups (broad SMARTS) is 1. The fourth-order valence-corrected chi connectivity index (χ4v) is 1.38. The number of carboxylic acids is 1. The quantitative estimate of drug-likeness (QED) is 0.731. The Labute approximate surface area is 112 Å². The Morgan fingerprint density at radius 3 is 2.79 bits per heavy atom. The standard InChI is InChI=1S/C12H19N3O4/c1-8(2)19-11-7-13-6-10(15-11)14-5-9(18-3)4-12(16)17/h6-9H,4-5H2,1-3H3,(H,14,15)(H,16,17). The average Bonchev–Trinajstić information content (AvgIpc) is 2.33. The number of rotatable bonds is 8. The third-order valence-electron chi connectivity index (χ3n) is 2.22. The van der Waals surface area contributed by atoms with E-state index in [0.29, 0.717) is 18.2 Å². The molecule has 1 aromatic rings. The normalized spacial score (nSPS) is 12.2. The van der Waals surface area contributed by atoms with Crippen LogP contribution in [0.15, 0.2) is 12.4 Å². The molecule has 7 heteroatoms. The Balaban J connectivity index is 2.54. The van der Waals surface area contributed by atoms with Gasteiger partial charge in [-0.3, -0.25) is 9.78 Å². The Hall–Kier alpha value is -1.89. The van der Waals surface area contributed by atoms with Crippen LogP contribution in [-0.4, -0.2) is 46.9 Å². The maximum atomic E-state index is 10.6. The van der Waals surface area contributed by atoms with Crippen molar-refractivity contribution in [1.82, 2.24) is 9.97 Å². The zero-order chi connectivity index (χ0) is 14.3. The van der Waals surface area contributed by atoms with Crippen LogP contribution in [0.4, 0.5) is 5.82 Å². The van der Waals surface area contributed by atoms with Gasteiger partial charge in [0.15, 0.2) is 0 Å². The van der Waals surface area contributed by atoms with E-state index in [1.54, 1.807) is 6.20 Å². The Bertz CT molecular complexity index is 412. The number of nitrogens with zero attached hydrogens (tertiary/aromatic N) is 2. The molecule has 0 aliphatic carbocycles. The Morgan fingerprint density at radius 1 is 1.47 bits per heavy atom. The largest absolute Gasteiger partial charge is 0.481 e. The number of hydrogen-bond acceptors (Lipinski definition) is 6. The van der Waals surface area contributed by atoms with Gasteiger partial charge in [-0.2, -0.15) is 4.98 Å². The van der Waals surface area contributed by atoms with Crippen LogP contribution >= 0.6 is 0 Å². The highest BCUT2D eigenvalue weighted by atomic mass is 16.5. The van der Waals surface area contributed by atoms with E-state index in [0.717, 1.165) is 0 Å². The predicted molar refractivity (Wildman–Crippen MR) is 69.3 cm³/mol. The summed E-state index contributed by atoms with van der Waals surface area (Å²) >= 11 is 0. The SMILES string of the molecule is COC(CNc1cncc(OC(C)C)n1)CC(=O)O. The van der Waals surface area contributed by atoms with Crippen LogP contribution < -0.4 is 10.1 Å². The summed E-state index contributed by atoms with van der Waals surface area (Å²) in [7, 11) is 1.47. The van der Waals surface area contributed by atoms with Gasteiger partial charge >= 0.3 is 5.97 Å². The molecule has 0 amide bonds. The van der Waals surface area contributed by atoms with Crippen LogP contribution in [0.1, 0.15) is 20.3 Å². The van der Waals surface area contributed by atoms with E-state index >= 15 is 0 Å². The van der Waals surface area contributed by atoms with E-state index in [9.17, 15) is 4.79 Å². The first-order valence-electron chi connectivity index (χ1n) is 5.98. The van der Waals surface area contributed by atoms with Crippen LogP contribution in [0.5, 0.6) is 5.88 Å². The summed E-state index contributed by atoms with van der Waals surface area (Å²) in [5, 5.41) is 11.7. The van der Waals surface area contributed by atoms with Crippen molar-refractivity contribution in [2.45, 2.75) is 32.5 Å². The van der Waals surface area contributed by atoms with Crippen LogP contribution in [0.25, 0.3) is 0 Å². The molecule has 0 aromatic carbocycles. The van der Waals surface area contributed by atoms with Gasteiger partial charge in [-0.1, -0.05) is 0 Å². The molecule has 0 saturated heterocycles. The van der Waals surface area contributed by atoms with E-state index in [1.807, 2.05) is 13.8 Å². The van der Waals surface area contributed by atoms with Gasteiger partial charge in [0.25, 0.3) is 0 Å². The maximum absolute atomic E-state index is 10.6. The van der Waals surface area contributed by atoms with Gasteiger partial charge in [-0.05, 0) is 13.8 Å². The van der Waals surface area contributed by atoms with Gasteiger partial charge < -0.3 is 19.9 Å². The number of aliphatic carboxylic acids is 1. The highest BCUT2D eigenvalue weighted by molar-refractivity contribution is 5.67. The monoisotopic (exact) mass is 269 g/mol. The summed E-state index contributed by atoms with van der Waals surface area (Å²) in [6.07, 6.45) is 2.59. The zero-order valence-corrected chi connectivity index (χ0v) is 11.3. The molecule has 0 aliphatic rings. The summed E-state index contributed by atoms with van der Waals surface area (Å²) in [5.74, 6) is 0.0365. The second-order valence-corrected chi connectivity index (χ2v) is 4.25. The number of ether oxygens (including phenoxy) is 2. The average molecular weight is 269 g/mol. The molecule has 1 atom stereocenters. The summed E-state index contributed by atoms with van der Waals surface area (Å²) in [6, 6.07) is 0. The van der Waals surface area contributed by atoms with E-state index in [-0.39, 0.29) is 12.5 Å². The van der Waals surface area contributed by atoms with Crippen LogP contribution in [0.3, 0.4) is 0 Å². The molecule has 19 heavy (non-hydrogen) atoms. The fraction of sp³-hybridized carbons (Fsp3) is 0.583. The minimum absolute atomic E-state index is 0.0169. The van der Waals surface area contributed by atoms with Crippen molar-refractivity contribution in [1.29, 1.82) is 0 Å². The van der Waals surface area contributed by atoms with Crippen molar-refractivity contribution in [2.75, 3.05) is 19.0 Å². The Morgan fingerprint density at radius 2 is 2.21 bits per heavy atom. The van der Waals surface area contributed by atoms with Gasteiger partial charge in [-0.15, -0.1) is 0 Å². The minimum Gasteiger partial charge on any atom is -0.481 e. The maximum Gasteiger partial charge on any atom is 0.306 e. The molecule has 1 aromatic heterocycles. The number of anilines is 1.